The van der Waals surface area contributed by atoms with E-state index in [0.717, 1.165) is 11.3 Å². The van der Waals surface area contributed by atoms with Gasteiger partial charge >= 0.3 is 11.9 Å². The zero-order valence-electron chi connectivity index (χ0n) is 12.7. The quantitative estimate of drug-likeness (QED) is 0.862. The van der Waals surface area contributed by atoms with Gasteiger partial charge in [-0.25, -0.2) is 9.59 Å². The van der Waals surface area contributed by atoms with E-state index in [4.69, 9.17) is 4.74 Å². The van der Waals surface area contributed by atoms with Crippen molar-refractivity contribution < 1.29 is 23.9 Å². The largest absolute Gasteiger partial charge is 0.465 e. The Morgan fingerprint density at radius 1 is 1.13 bits per heavy atom. The molecule has 8 heteroatoms. The van der Waals surface area contributed by atoms with Gasteiger partial charge in [0.15, 0.2) is 0 Å². The van der Waals surface area contributed by atoms with Crippen molar-refractivity contribution in [2.75, 3.05) is 19.5 Å². The van der Waals surface area contributed by atoms with Crippen LogP contribution < -0.4 is 5.32 Å². The summed E-state index contributed by atoms with van der Waals surface area (Å²) >= 11 is 0.950. The number of nitrogens with one attached hydrogen (secondary N) is 1. The number of carbonyl (C=O) groups is 3. The lowest BCUT2D eigenvalue weighted by atomic mass is 10.1. The van der Waals surface area contributed by atoms with Crippen molar-refractivity contribution >= 4 is 34.2 Å². The Kier molecular flexibility index (Phi) is 5.07. The van der Waals surface area contributed by atoms with E-state index in [-0.39, 0.29) is 21.1 Å². The maximum atomic E-state index is 12.2. The maximum Gasteiger partial charge on any atom is 0.348 e. The van der Waals surface area contributed by atoms with E-state index in [1.54, 1.807) is 19.1 Å². The molecule has 0 fully saturated rings. The molecule has 2 aromatic rings. The smallest absolute Gasteiger partial charge is 0.348 e. The van der Waals surface area contributed by atoms with Crippen molar-refractivity contribution in [2.24, 2.45) is 0 Å². The summed E-state index contributed by atoms with van der Waals surface area (Å²) in [5.74, 6) is -1.73. The second kappa shape index (κ2) is 7.01. The minimum absolute atomic E-state index is 0.127. The van der Waals surface area contributed by atoms with Crippen molar-refractivity contribution in [1.82, 2.24) is 4.98 Å². The highest BCUT2D eigenvalue weighted by atomic mass is 32.1. The summed E-state index contributed by atoms with van der Waals surface area (Å²) in [6.45, 7) is 1.59. The molecule has 0 bridgehead atoms. The number of amides is 1. The Balaban J connectivity index is 2.42. The van der Waals surface area contributed by atoms with Gasteiger partial charge in [-0.15, -0.1) is 11.3 Å². The second-order valence-electron chi connectivity index (χ2n) is 4.41. The van der Waals surface area contributed by atoms with Crippen molar-refractivity contribution in [3.63, 3.8) is 0 Å². The van der Waals surface area contributed by atoms with Gasteiger partial charge in [-0.3, -0.25) is 9.78 Å². The fourth-order valence-corrected chi connectivity index (χ4v) is 3.01. The molecular weight excluding hydrogens is 320 g/mol. The van der Waals surface area contributed by atoms with Crippen LogP contribution in [0.2, 0.25) is 0 Å². The normalized spacial score (nSPS) is 10.0. The van der Waals surface area contributed by atoms with Crippen LogP contribution in [-0.2, 0) is 9.47 Å². The molecule has 1 amide bonds. The highest BCUT2D eigenvalue weighted by Crippen LogP contribution is 2.34. The number of rotatable bonds is 4. The van der Waals surface area contributed by atoms with Crippen LogP contribution >= 0.6 is 11.3 Å². The van der Waals surface area contributed by atoms with Crippen molar-refractivity contribution in [3.05, 3.63) is 46.1 Å². The maximum absolute atomic E-state index is 12.2. The second-order valence-corrected chi connectivity index (χ2v) is 5.43. The van der Waals surface area contributed by atoms with E-state index in [0.29, 0.717) is 5.56 Å². The molecule has 0 aliphatic carbocycles. The van der Waals surface area contributed by atoms with Crippen LogP contribution in [0.4, 0.5) is 5.00 Å². The number of esters is 2. The highest BCUT2D eigenvalue weighted by molar-refractivity contribution is 7.18. The molecule has 0 saturated heterocycles. The summed E-state index contributed by atoms with van der Waals surface area (Å²) in [4.78, 5) is 40.1. The fourth-order valence-electron chi connectivity index (χ4n) is 1.90. The van der Waals surface area contributed by atoms with E-state index in [1.165, 1.54) is 26.5 Å². The fraction of sp³-hybridized carbons (Fsp3) is 0.200. The monoisotopic (exact) mass is 334 g/mol. The number of ether oxygens (including phenoxy) is 2. The van der Waals surface area contributed by atoms with Gasteiger partial charge in [0.05, 0.1) is 19.8 Å². The third-order valence-electron chi connectivity index (χ3n) is 3.03. The first-order chi connectivity index (χ1) is 11.0. The Bertz CT molecular complexity index is 755. The predicted octanol–water partition coefficient (Wildman–Crippen LogP) is 2.28. The van der Waals surface area contributed by atoms with Gasteiger partial charge in [-0.1, -0.05) is 6.07 Å². The zero-order chi connectivity index (χ0) is 17.0. The van der Waals surface area contributed by atoms with Crippen LogP contribution in [0.1, 0.15) is 36.1 Å². The van der Waals surface area contributed by atoms with Gasteiger partial charge in [0.1, 0.15) is 15.6 Å². The Labute approximate surface area is 136 Å². The van der Waals surface area contributed by atoms with Crippen LogP contribution in [0.3, 0.4) is 0 Å². The average Bonchev–Trinajstić information content (AvgIpc) is 2.90. The van der Waals surface area contributed by atoms with Crippen molar-refractivity contribution in [3.8, 4) is 0 Å². The molecule has 0 saturated carbocycles. The zero-order valence-corrected chi connectivity index (χ0v) is 13.5. The standard InChI is InChI=1S/C15H14N2O5S/c1-8-10(14(19)21-2)13(23-11(8)15(20)22-3)17-12(18)9-6-4-5-7-16-9/h4-7H,1-3H3,(H,17,18). The molecule has 0 spiro atoms. The summed E-state index contributed by atoms with van der Waals surface area (Å²) in [6, 6.07) is 4.89. The number of hydrogen-bond acceptors (Lipinski definition) is 7. The first-order valence-electron chi connectivity index (χ1n) is 6.52. The highest BCUT2D eigenvalue weighted by Gasteiger charge is 2.27. The van der Waals surface area contributed by atoms with E-state index in [2.05, 4.69) is 15.0 Å². The SMILES string of the molecule is COC(=O)c1sc(NC(=O)c2ccccn2)c(C(=O)OC)c1C. The Hall–Kier alpha value is -2.74. The van der Waals surface area contributed by atoms with Crippen LogP contribution in [0.5, 0.6) is 0 Å². The molecule has 0 radical (unpaired) electrons. The van der Waals surface area contributed by atoms with E-state index < -0.39 is 17.8 Å². The molecule has 2 aromatic heterocycles. The summed E-state index contributed by atoms with van der Waals surface area (Å²) in [5, 5.41) is 2.80. The number of pyridine rings is 1. The lowest BCUT2D eigenvalue weighted by Crippen LogP contribution is -2.15. The third-order valence-corrected chi connectivity index (χ3v) is 4.22. The molecule has 0 atom stereocenters. The van der Waals surface area contributed by atoms with Crippen LogP contribution in [0.25, 0.3) is 0 Å². The Morgan fingerprint density at radius 2 is 1.83 bits per heavy atom. The summed E-state index contributed by atoms with van der Waals surface area (Å²) in [6.07, 6.45) is 1.48. The number of aromatic nitrogens is 1. The molecule has 7 nitrogen and oxygen atoms in total. The third kappa shape index (κ3) is 3.37. The molecule has 23 heavy (non-hydrogen) atoms. The van der Waals surface area contributed by atoms with Gasteiger partial charge in [-0.2, -0.15) is 0 Å². The molecule has 0 aliphatic heterocycles. The van der Waals surface area contributed by atoms with Gasteiger partial charge in [0.2, 0.25) is 0 Å². The summed E-state index contributed by atoms with van der Waals surface area (Å²) in [7, 11) is 2.47. The first-order valence-corrected chi connectivity index (χ1v) is 7.33. The molecule has 2 rings (SSSR count). The number of methoxy groups -OCH3 is 2. The number of nitrogens with zero attached hydrogens (tertiary/aromatic N) is 1. The minimum Gasteiger partial charge on any atom is -0.465 e. The molecule has 0 aromatic carbocycles. The first kappa shape index (κ1) is 16.6. The summed E-state index contributed by atoms with van der Waals surface area (Å²) in [5.41, 5.74) is 0.709. The minimum atomic E-state index is -0.648. The molecule has 0 unspecified atom stereocenters. The lowest BCUT2D eigenvalue weighted by molar-refractivity contribution is 0.0601. The number of carbonyl (C=O) groups excluding carboxylic acids is 3. The molecule has 1 N–H and O–H groups in total. The van der Waals surface area contributed by atoms with Crippen LogP contribution in [0.15, 0.2) is 24.4 Å². The van der Waals surface area contributed by atoms with E-state index >= 15 is 0 Å². The van der Waals surface area contributed by atoms with Crippen LogP contribution in [-0.4, -0.2) is 37.0 Å². The van der Waals surface area contributed by atoms with Gasteiger partial charge in [-0.05, 0) is 24.6 Å². The topological polar surface area (TPSA) is 94.6 Å². The van der Waals surface area contributed by atoms with Crippen LogP contribution in [0, 0.1) is 6.92 Å². The molecule has 0 aliphatic rings. The molecular formula is C15H14N2O5S. The van der Waals surface area contributed by atoms with E-state index in [9.17, 15) is 14.4 Å². The van der Waals surface area contributed by atoms with Gasteiger partial charge < -0.3 is 14.8 Å². The van der Waals surface area contributed by atoms with Gasteiger partial charge in [0, 0.05) is 6.20 Å². The van der Waals surface area contributed by atoms with Crippen molar-refractivity contribution in [2.45, 2.75) is 6.92 Å². The number of anilines is 1. The van der Waals surface area contributed by atoms with Crippen molar-refractivity contribution in [1.29, 1.82) is 0 Å². The average molecular weight is 334 g/mol. The summed E-state index contributed by atoms with van der Waals surface area (Å²) < 4.78 is 9.40. The Morgan fingerprint density at radius 3 is 2.39 bits per heavy atom. The van der Waals surface area contributed by atoms with Gasteiger partial charge in [0.25, 0.3) is 5.91 Å². The predicted molar refractivity (Wildman–Crippen MR) is 83.9 cm³/mol. The molecule has 2 heterocycles. The number of hydrogen-bond donors (Lipinski definition) is 1. The molecule has 120 valence electrons. The lowest BCUT2D eigenvalue weighted by Gasteiger charge is -2.05. The van der Waals surface area contributed by atoms with E-state index in [1.807, 2.05) is 0 Å². The number of thiophene rings is 1.